The van der Waals surface area contributed by atoms with Crippen molar-refractivity contribution in [2.75, 3.05) is 6.61 Å². The van der Waals surface area contributed by atoms with Crippen molar-refractivity contribution in [1.29, 1.82) is 0 Å². The Kier molecular flexibility index (Phi) is 5.59. The van der Waals surface area contributed by atoms with Gasteiger partial charge in [-0.1, -0.05) is 0 Å². The zero-order chi connectivity index (χ0) is 16.2. The summed E-state index contributed by atoms with van der Waals surface area (Å²) in [4.78, 5) is 14.6. The molecular formula is C12H13F5N2O2. The monoisotopic (exact) mass is 312 g/mol. The topological polar surface area (TPSA) is 65.2 Å². The molecule has 9 heteroatoms. The van der Waals surface area contributed by atoms with Crippen molar-refractivity contribution >= 4 is 5.97 Å². The lowest BCUT2D eigenvalue weighted by Crippen LogP contribution is -2.21. The Labute approximate surface area is 117 Å². The zero-order valence-corrected chi connectivity index (χ0v) is 11.0. The van der Waals surface area contributed by atoms with Gasteiger partial charge in [0.2, 0.25) is 0 Å². The van der Waals surface area contributed by atoms with Gasteiger partial charge in [0, 0.05) is 18.3 Å². The third kappa shape index (κ3) is 4.10. The lowest BCUT2D eigenvalue weighted by Gasteiger charge is -2.18. The first-order valence-electron chi connectivity index (χ1n) is 5.94. The molecule has 2 N–H and O–H groups in total. The predicted molar refractivity (Wildman–Crippen MR) is 62.4 cm³/mol. The molecular weight excluding hydrogens is 299 g/mol. The van der Waals surface area contributed by atoms with Crippen LogP contribution in [0.15, 0.2) is 6.20 Å². The molecule has 118 valence electrons. The Bertz CT molecular complexity index is 517. The quantitative estimate of drug-likeness (QED) is 0.670. The maximum absolute atomic E-state index is 13.1. The van der Waals surface area contributed by atoms with Crippen molar-refractivity contribution < 1.29 is 31.5 Å². The van der Waals surface area contributed by atoms with Crippen LogP contribution in [-0.4, -0.2) is 17.6 Å². The van der Waals surface area contributed by atoms with Gasteiger partial charge in [0.1, 0.15) is 5.69 Å². The standard InChI is InChI=1S/C12H13F5N2O2/c1-2-21-8(20)3-6-5-19-10(11(13)14)7(4-18)9(6)12(15,16)17/h5,11H,2-4,18H2,1H3. The molecule has 0 unspecified atom stereocenters. The number of alkyl halides is 5. The van der Waals surface area contributed by atoms with Gasteiger partial charge in [-0.25, -0.2) is 8.78 Å². The molecule has 4 nitrogen and oxygen atoms in total. The number of nitrogens with two attached hydrogens (primary N) is 1. The van der Waals surface area contributed by atoms with Crippen molar-refractivity contribution in [2.45, 2.75) is 32.5 Å². The molecule has 0 saturated heterocycles. The van der Waals surface area contributed by atoms with Gasteiger partial charge in [0.15, 0.2) is 0 Å². The van der Waals surface area contributed by atoms with E-state index in [2.05, 4.69) is 9.72 Å². The molecule has 0 atom stereocenters. The molecule has 1 heterocycles. The Morgan fingerprint density at radius 3 is 2.48 bits per heavy atom. The second-order valence-corrected chi connectivity index (χ2v) is 4.01. The van der Waals surface area contributed by atoms with Crippen LogP contribution in [0.3, 0.4) is 0 Å². The number of carbonyl (C=O) groups is 1. The van der Waals surface area contributed by atoms with Crippen molar-refractivity contribution in [3.8, 4) is 0 Å². The number of rotatable bonds is 5. The maximum Gasteiger partial charge on any atom is 0.417 e. The largest absolute Gasteiger partial charge is 0.466 e. The molecule has 0 aliphatic rings. The Morgan fingerprint density at radius 1 is 1.43 bits per heavy atom. The highest BCUT2D eigenvalue weighted by Gasteiger charge is 2.38. The number of carbonyl (C=O) groups excluding carboxylic acids is 1. The average Bonchev–Trinajstić information content (AvgIpc) is 2.36. The van der Waals surface area contributed by atoms with Gasteiger partial charge in [-0.05, 0) is 12.5 Å². The van der Waals surface area contributed by atoms with E-state index in [4.69, 9.17) is 5.73 Å². The number of esters is 1. The van der Waals surface area contributed by atoms with E-state index in [1.807, 2.05) is 0 Å². The second-order valence-electron chi connectivity index (χ2n) is 4.01. The van der Waals surface area contributed by atoms with Crippen LogP contribution in [0.5, 0.6) is 0 Å². The number of ether oxygens (including phenoxy) is 1. The molecule has 1 rings (SSSR count). The van der Waals surface area contributed by atoms with Crippen molar-refractivity contribution in [3.63, 3.8) is 0 Å². The maximum atomic E-state index is 13.1. The minimum atomic E-state index is -4.93. The number of aromatic nitrogens is 1. The Morgan fingerprint density at radius 2 is 2.05 bits per heavy atom. The number of nitrogens with zero attached hydrogens (tertiary/aromatic N) is 1. The minimum Gasteiger partial charge on any atom is -0.466 e. The zero-order valence-electron chi connectivity index (χ0n) is 11.0. The Balaban J connectivity index is 3.41. The van der Waals surface area contributed by atoms with Crippen LogP contribution in [0, 0.1) is 0 Å². The number of pyridine rings is 1. The second kappa shape index (κ2) is 6.79. The molecule has 1 aromatic heterocycles. The predicted octanol–water partition coefficient (Wildman–Crippen LogP) is 2.60. The summed E-state index contributed by atoms with van der Waals surface area (Å²) >= 11 is 0. The Hall–Kier alpha value is -1.77. The molecule has 21 heavy (non-hydrogen) atoms. The number of hydrogen-bond donors (Lipinski definition) is 1. The number of hydrogen-bond acceptors (Lipinski definition) is 4. The normalized spacial score (nSPS) is 11.8. The van der Waals surface area contributed by atoms with Crippen molar-refractivity contribution in [3.05, 3.63) is 28.6 Å². The molecule has 0 spiro atoms. The van der Waals surface area contributed by atoms with Crippen molar-refractivity contribution in [2.24, 2.45) is 5.73 Å². The van der Waals surface area contributed by atoms with Gasteiger partial charge >= 0.3 is 12.1 Å². The van der Waals surface area contributed by atoms with Crippen LogP contribution in [0.4, 0.5) is 22.0 Å². The molecule has 0 amide bonds. The highest BCUT2D eigenvalue weighted by atomic mass is 19.4. The van der Waals surface area contributed by atoms with E-state index in [-0.39, 0.29) is 6.61 Å². The molecule has 0 saturated carbocycles. The highest BCUT2D eigenvalue weighted by Crippen LogP contribution is 2.37. The van der Waals surface area contributed by atoms with Crippen LogP contribution >= 0.6 is 0 Å². The van der Waals surface area contributed by atoms with E-state index >= 15 is 0 Å². The minimum absolute atomic E-state index is 0.00746. The van der Waals surface area contributed by atoms with E-state index < -0.39 is 53.9 Å². The van der Waals surface area contributed by atoms with E-state index in [9.17, 15) is 26.7 Å². The van der Waals surface area contributed by atoms with Gasteiger partial charge in [0.25, 0.3) is 6.43 Å². The molecule has 0 radical (unpaired) electrons. The summed E-state index contributed by atoms with van der Waals surface area (Å²) in [5, 5.41) is 0. The first-order valence-corrected chi connectivity index (χ1v) is 5.94. The van der Waals surface area contributed by atoms with Gasteiger partial charge < -0.3 is 10.5 Å². The van der Waals surface area contributed by atoms with E-state index in [0.717, 1.165) is 0 Å². The van der Waals surface area contributed by atoms with E-state index in [0.29, 0.717) is 6.20 Å². The molecule has 0 bridgehead atoms. The molecule has 0 aliphatic heterocycles. The summed E-state index contributed by atoms with van der Waals surface area (Å²) in [5.41, 5.74) is 1.44. The van der Waals surface area contributed by atoms with Crippen LogP contribution < -0.4 is 5.73 Å². The molecule has 1 aromatic rings. The summed E-state index contributed by atoms with van der Waals surface area (Å²) in [6, 6.07) is 0. The summed E-state index contributed by atoms with van der Waals surface area (Å²) in [6.07, 6.45) is -8.23. The van der Waals surface area contributed by atoms with Crippen LogP contribution in [0.2, 0.25) is 0 Å². The smallest absolute Gasteiger partial charge is 0.417 e. The summed E-state index contributed by atoms with van der Waals surface area (Å²) in [5.74, 6) is -0.905. The molecule has 0 aromatic carbocycles. The summed E-state index contributed by atoms with van der Waals surface area (Å²) in [6.45, 7) is 0.719. The first kappa shape index (κ1) is 17.3. The van der Waals surface area contributed by atoms with Crippen LogP contribution in [0.1, 0.15) is 35.7 Å². The lowest BCUT2D eigenvalue weighted by atomic mass is 9.98. The van der Waals surface area contributed by atoms with Gasteiger partial charge in [0.05, 0.1) is 18.6 Å². The van der Waals surface area contributed by atoms with E-state index in [1.54, 1.807) is 0 Å². The fourth-order valence-electron chi connectivity index (χ4n) is 1.86. The molecule has 0 aliphatic carbocycles. The van der Waals surface area contributed by atoms with Gasteiger partial charge in [-0.15, -0.1) is 0 Å². The summed E-state index contributed by atoms with van der Waals surface area (Å²) < 4.78 is 69.3. The highest BCUT2D eigenvalue weighted by molar-refractivity contribution is 5.73. The average molecular weight is 312 g/mol. The summed E-state index contributed by atoms with van der Waals surface area (Å²) in [7, 11) is 0. The first-order chi connectivity index (χ1) is 9.72. The SMILES string of the molecule is CCOC(=O)Cc1cnc(C(F)F)c(CN)c1C(F)(F)F. The van der Waals surface area contributed by atoms with Gasteiger partial charge in [-0.3, -0.25) is 9.78 Å². The number of halogens is 5. The third-order valence-corrected chi connectivity index (χ3v) is 2.63. The van der Waals surface area contributed by atoms with E-state index in [1.165, 1.54) is 6.92 Å². The fraction of sp³-hybridized carbons (Fsp3) is 0.500. The fourth-order valence-corrected chi connectivity index (χ4v) is 1.86. The van der Waals surface area contributed by atoms with Crippen LogP contribution in [-0.2, 0) is 28.7 Å². The van der Waals surface area contributed by atoms with Crippen LogP contribution in [0.25, 0.3) is 0 Å². The van der Waals surface area contributed by atoms with Crippen molar-refractivity contribution in [1.82, 2.24) is 4.98 Å². The van der Waals surface area contributed by atoms with Gasteiger partial charge in [-0.2, -0.15) is 13.2 Å². The lowest BCUT2D eigenvalue weighted by molar-refractivity contribution is -0.143. The third-order valence-electron chi connectivity index (χ3n) is 2.63. The molecule has 0 fully saturated rings.